The zero-order valence-corrected chi connectivity index (χ0v) is 16.8. The Balaban J connectivity index is 1.61. The van der Waals surface area contributed by atoms with Crippen LogP contribution in [0.2, 0.25) is 0 Å². The molecular weight excluding hydrogens is 382 g/mol. The van der Waals surface area contributed by atoms with Gasteiger partial charge in [-0.1, -0.05) is 30.4 Å². The predicted octanol–water partition coefficient (Wildman–Crippen LogP) is 4.19. The number of nitro groups is 1. The maximum Gasteiger partial charge on any atom is 0.274 e. The fourth-order valence-electron chi connectivity index (χ4n) is 4.48. The van der Waals surface area contributed by atoms with Crippen molar-refractivity contribution in [3.8, 4) is 0 Å². The molecule has 0 saturated heterocycles. The third kappa shape index (κ3) is 3.80. The number of nitro benzene ring substituents is 1. The molecule has 7 nitrogen and oxygen atoms in total. The monoisotopic (exact) mass is 407 g/mol. The summed E-state index contributed by atoms with van der Waals surface area (Å²) in [7, 11) is 1.64. The number of benzene rings is 2. The third-order valence-corrected chi connectivity index (χ3v) is 5.90. The largest absolute Gasteiger partial charge is 0.385 e. The number of carbonyl (C=O) groups excluding carboxylic acids is 1. The molecule has 4 rings (SSSR count). The number of nitrogens with zero attached hydrogens (tertiary/aromatic N) is 1. The number of allylic oxidation sites excluding steroid dienone is 2. The summed E-state index contributed by atoms with van der Waals surface area (Å²) in [6.45, 7) is 1.17. The standard InChI is InChI=1S/C23H25N3O4/c1-30-13-5-12-24-23(27)15-10-11-20-19(14-15)16-7-4-8-17(16)22(25-20)18-6-2-3-9-21(18)26(28)29/h2-4,6-7,9-11,14,16-17,22,25H,5,8,12-13H2,1H3,(H,24,27). The molecule has 1 amide bonds. The van der Waals surface area contributed by atoms with Crippen molar-refractivity contribution in [1.82, 2.24) is 5.32 Å². The van der Waals surface area contributed by atoms with E-state index in [9.17, 15) is 14.9 Å². The van der Waals surface area contributed by atoms with E-state index in [1.807, 2.05) is 24.3 Å². The lowest BCUT2D eigenvalue weighted by Gasteiger charge is -2.37. The number of carbonyl (C=O) groups is 1. The molecule has 0 spiro atoms. The van der Waals surface area contributed by atoms with Gasteiger partial charge in [0, 0.05) is 43.5 Å². The maximum atomic E-state index is 12.5. The van der Waals surface area contributed by atoms with Crippen LogP contribution in [0.15, 0.2) is 54.6 Å². The van der Waals surface area contributed by atoms with Gasteiger partial charge in [0.1, 0.15) is 0 Å². The third-order valence-electron chi connectivity index (χ3n) is 5.90. The molecule has 0 bridgehead atoms. The van der Waals surface area contributed by atoms with Crippen LogP contribution in [0.3, 0.4) is 0 Å². The van der Waals surface area contributed by atoms with Gasteiger partial charge in [0.15, 0.2) is 0 Å². The Morgan fingerprint density at radius 3 is 2.90 bits per heavy atom. The molecule has 1 aliphatic carbocycles. The Labute approximate surface area is 175 Å². The van der Waals surface area contributed by atoms with Gasteiger partial charge in [-0.3, -0.25) is 14.9 Å². The summed E-state index contributed by atoms with van der Waals surface area (Å²) in [5, 5.41) is 18.0. The first-order chi connectivity index (χ1) is 14.6. The number of para-hydroxylation sites is 1. The molecule has 2 aromatic rings. The zero-order chi connectivity index (χ0) is 21.1. The second kappa shape index (κ2) is 8.67. The highest BCUT2D eigenvalue weighted by Crippen LogP contribution is 2.51. The average molecular weight is 407 g/mol. The number of hydrogen-bond donors (Lipinski definition) is 2. The van der Waals surface area contributed by atoms with Gasteiger partial charge < -0.3 is 15.4 Å². The first-order valence-electron chi connectivity index (χ1n) is 10.2. The quantitative estimate of drug-likeness (QED) is 0.311. The molecule has 3 unspecified atom stereocenters. The first kappa shape index (κ1) is 20.1. The van der Waals surface area contributed by atoms with Gasteiger partial charge in [-0.15, -0.1) is 0 Å². The molecule has 2 aliphatic rings. The zero-order valence-electron chi connectivity index (χ0n) is 16.8. The highest BCUT2D eigenvalue weighted by Gasteiger charge is 2.40. The van der Waals surface area contributed by atoms with Crippen molar-refractivity contribution in [2.24, 2.45) is 5.92 Å². The minimum atomic E-state index is -0.319. The van der Waals surface area contributed by atoms with E-state index in [-0.39, 0.29) is 34.4 Å². The van der Waals surface area contributed by atoms with Crippen LogP contribution in [-0.4, -0.2) is 31.1 Å². The van der Waals surface area contributed by atoms with Gasteiger partial charge in [-0.05, 0) is 42.5 Å². The SMILES string of the molecule is COCCCNC(=O)c1ccc2c(c1)C1C=CCC1C(c1ccccc1[N+](=O)[O-])N2. The topological polar surface area (TPSA) is 93.5 Å². The van der Waals surface area contributed by atoms with Crippen LogP contribution in [0.5, 0.6) is 0 Å². The van der Waals surface area contributed by atoms with Crippen LogP contribution >= 0.6 is 0 Å². The number of nitrogens with one attached hydrogen (secondary N) is 2. The molecule has 30 heavy (non-hydrogen) atoms. The Bertz CT molecular complexity index is 988. The molecule has 2 aromatic carbocycles. The van der Waals surface area contributed by atoms with E-state index in [4.69, 9.17) is 4.74 Å². The number of rotatable bonds is 7. The van der Waals surface area contributed by atoms with Gasteiger partial charge in [0.2, 0.25) is 0 Å². The van der Waals surface area contributed by atoms with E-state index in [2.05, 4.69) is 22.8 Å². The number of anilines is 1. The van der Waals surface area contributed by atoms with Crippen molar-refractivity contribution in [2.75, 3.05) is 25.6 Å². The molecule has 0 radical (unpaired) electrons. The van der Waals surface area contributed by atoms with Crippen LogP contribution in [0, 0.1) is 16.0 Å². The lowest BCUT2D eigenvalue weighted by molar-refractivity contribution is -0.385. The van der Waals surface area contributed by atoms with E-state index >= 15 is 0 Å². The fourth-order valence-corrected chi connectivity index (χ4v) is 4.48. The van der Waals surface area contributed by atoms with E-state index in [1.54, 1.807) is 25.3 Å². The molecule has 156 valence electrons. The fraction of sp³-hybridized carbons (Fsp3) is 0.348. The van der Waals surface area contributed by atoms with E-state index in [1.165, 1.54) is 0 Å². The van der Waals surface area contributed by atoms with Crippen molar-refractivity contribution >= 4 is 17.3 Å². The summed E-state index contributed by atoms with van der Waals surface area (Å²) < 4.78 is 5.01. The van der Waals surface area contributed by atoms with E-state index in [0.29, 0.717) is 24.3 Å². The molecule has 0 fully saturated rings. The highest BCUT2D eigenvalue weighted by atomic mass is 16.6. The molecule has 0 aromatic heterocycles. The second-order valence-electron chi connectivity index (χ2n) is 7.70. The van der Waals surface area contributed by atoms with Crippen molar-refractivity contribution in [3.05, 3.63) is 81.4 Å². The van der Waals surface area contributed by atoms with Gasteiger partial charge in [-0.25, -0.2) is 0 Å². The van der Waals surface area contributed by atoms with Crippen molar-refractivity contribution in [1.29, 1.82) is 0 Å². The van der Waals surface area contributed by atoms with Crippen molar-refractivity contribution < 1.29 is 14.5 Å². The predicted molar refractivity (Wildman–Crippen MR) is 115 cm³/mol. The normalized spacial score (nSPS) is 21.4. The number of hydrogen-bond acceptors (Lipinski definition) is 5. The minimum Gasteiger partial charge on any atom is -0.385 e. The van der Waals surface area contributed by atoms with E-state index < -0.39 is 0 Å². The van der Waals surface area contributed by atoms with Gasteiger partial charge in [-0.2, -0.15) is 0 Å². The molecular formula is C23H25N3O4. The van der Waals surface area contributed by atoms with Crippen LogP contribution in [0.25, 0.3) is 0 Å². The minimum absolute atomic E-state index is 0.103. The Kier molecular flexibility index (Phi) is 5.81. The lowest BCUT2D eigenvalue weighted by Crippen LogP contribution is -2.30. The van der Waals surface area contributed by atoms with Gasteiger partial charge in [0.05, 0.1) is 16.5 Å². The smallest absolute Gasteiger partial charge is 0.274 e. The van der Waals surface area contributed by atoms with Crippen LogP contribution in [-0.2, 0) is 4.74 Å². The Morgan fingerprint density at radius 1 is 1.27 bits per heavy atom. The first-order valence-corrected chi connectivity index (χ1v) is 10.2. The number of amides is 1. The van der Waals surface area contributed by atoms with Gasteiger partial charge in [0.25, 0.3) is 11.6 Å². The van der Waals surface area contributed by atoms with Crippen molar-refractivity contribution in [3.63, 3.8) is 0 Å². The summed E-state index contributed by atoms with van der Waals surface area (Å²) >= 11 is 0. The summed E-state index contributed by atoms with van der Waals surface area (Å²) in [4.78, 5) is 23.8. The molecule has 1 aliphatic heterocycles. The Hall–Kier alpha value is -3.19. The molecule has 2 N–H and O–H groups in total. The lowest BCUT2D eigenvalue weighted by atomic mass is 9.76. The molecule has 7 heteroatoms. The molecule has 1 heterocycles. The van der Waals surface area contributed by atoms with Crippen LogP contribution < -0.4 is 10.6 Å². The van der Waals surface area contributed by atoms with Crippen LogP contribution in [0.1, 0.15) is 46.3 Å². The second-order valence-corrected chi connectivity index (χ2v) is 7.70. The maximum absolute atomic E-state index is 12.5. The summed E-state index contributed by atoms with van der Waals surface area (Å²) in [6, 6.07) is 12.4. The average Bonchev–Trinajstić information content (AvgIpc) is 3.26. The summed E-state index contributed by atoms with van der Waals surface area (Å²) in [6.07, 6.45) is 5.89. The highest BCUT2D eigenvalue weighted by molar-refractivity contribution is 5.95. The van der Waals surface area contributed by atoms with E-state index in [0.717, 1.165) is 24.1 Å². The molecule has 3 atom stereocenters. The summed E-state index contributed by atoms with van der Waals surface area (Å²) in [5.41, 5.74) is 3.44. The number of fused-ring (bicyclic) bond motifs is 3. The Morgan fingerprint density at radius 2 is 2.10 bits per heavy atom. The summed E-state index contributed by atoms with van der Waals surface area (Å²) in [5.74, 6) is 0.180. The number of methoxy groups -OCH3 is 1. The van der Waals surface area contributed by atoms with Gasteiger partial charge >= 0.3 is 0 Å². The van der Waals surface area contributed by atoms with Crippen LogP contribution in [0.4, 0.5) is 11.4 Å². The number of ether oxygens (including phenoxy) is 1. The van der Waals surface area contributed by atoms with Crippen molar-refractivity contribution in [2.45, 2.75) is 24.8 Å². The molecule has 0 saturated carbocycles.